The smallest absolute Gasteiger partial charge is 0.339 e. The lowest BCUT2D eigenvalue weighted by Gasteiger charge is -2.18. The van der Waals surface area contributed by atoms with Crippen molar-refractivity contribution in [3.8, 4) is 5.75 Å². The van der Waals surface area contributed by atoms with Gasteiger partial charge in [-0.15, -0.1) is 12.4 Å². The van der Waals surface area contributed by atoms with Crippen LogP contribution in [-0.4, -0.2) is 41.5 Å². The zero-order valence-electron chi connectivity index (χ0n) is 8.75. The molecule has 0 unspecified atom stereocenters. The van der Waals surface area contributed by atoms with Crippen molar-refractivity contribution in [1.82, 2.24) is 0 Å². The Morgan fingerprint density at radius 1 is 1.44 bits per heavy atom. The Bertz CT molecular complexity index is 370. The van der Waals surface area contributed by atoms with Crippen LogP contribution >= 0.6 is 12.4 Å². The van der Waals surface area contributed by atoms with Crippen molar-refractivity contribution in [3.05, 3.63) is 23.8 Å². The topological polar surface area (TPSA) is 81.0 Å². The number of carbonyl (C=O) groups is 1. The zero-order chi connectivity index (χ0) is 11.4. The van der Waals surface area contributed by atoms with Gasteiger partial charge in [0, 0.05) is 25.3 Å². The fourth-order valence-electron chi connectivity index (χ4n) is 1.22. The van der Waals surface area contributed by atoms with Crippen molar-refractivity contribution in [2.24, 2.45) is 0 Å². The Morgan fingerprint density at radius 3 is 2.50 bits per heavy atom. The molecule has 1 aromatic carbocycles. The Kier molecular flexibility index (Phi) is 5.63. The minimum atomic E-state index is -1.16. The van der Waals surface area contributed by atoms with Crippen LogP contribution in [0.2, 0.25) is 0 Å². The van der Waals surface area contributed by atoms with Gasteiger partial charge >= 0.3 is 5.97 Å². The van der Waals surface area contributed by atoms with Crippen LogP contribution in [0.4, 0.5) is 5.69 Å². The summed E-state index contributed by atoms with van der Waals surface area (Å²) in [6.45, 7) is 0.420. The lowest BCUT2D eigenvalue weighted by molar-refractivity contribution is 0.0694. The van der Waals surface area contributed by atoms with E-state index in [0.717, 1.165) is 0 Å². The van der Waals surface area contributed by atoms with Crippen LogP contribution in [0.5, 0.6) is 5.75 Å². The molecule has 0 saturated carbocycles. The van der Waals surface area contributed by atoms with Gasteiger partial charge in [0.25, 0.3) is 0 Å². The number of benzene rings is 1. The van der Waals surface area contributed by atoms with E-state index in [1.54, 1.807) is 18.0 Å². The van der Waals surface area contributed by atoms with Gasteiger partial charge in [0.1, 0.15) is 11.3 Å². The molecule has 0 fully saturated rings. The largest absolute Gasteiger partial charge is 0.507 e. The SMILES string of the molecule is CN(CCO)c1ccc(C(=O)O)c(O)c1.Cl. The van der Waals surface area contributed by atoms with Gasteiger partial charge in [-0.3, -0.25) is 0 Å². The van der Waals surface area contributed by atoms with Crippen molar-refractivity contribution in [2.45, 2.75) is 0 Å². The molecule has 5 nitrogen and oxygen atoms in total. The molecule has 1 rings (SSSR count). The zero-order valence-corrected chi connectivity index (χ0v) is 9.57. The van der Waals surface area contributed by atoms with Crippen LogP contribution < -0.4 is 4.90 Å². The second kappa shape index (κ2) is 6.19. The molecule has 3 N–H and O–H groups in total. The first-order valence-electron chi connectivity index (χ1n) is 4.44. The molecule has 90 valence electrons. The van der Waals surface area contributed by atoms with E-state index in [1.807, 2.05) is 0 Å². The van der Waals surface area contributed by atoms with E-state index < -0.39 is 5.97 Å². The van der Waals surface area contributed by atoms with Gasteiger partial charge in [0.2, 0.25) is 0 Å². The number of nitrogens with zero attached hydrogens (tertiary/aromatic N) is 1. The van der Waals surface area contributed by atoms with Crippen molar-refractivity contribution in [3.63, 3.8) is 0 Å². The predicted molar refractivity (Wildman–Crippen MR) is 62.7 cm³/mol. The summed E-state index contributed by atoms with van der Waals surface area (Å²) < 4.78 is 0. The highest BCUT2D eigenvalue weighted by atomic mass is 35.5. The molecule has 0 bridgehead atoms. The molecule has 0 aliphatic heterocycles. The molecule has 0 heterocycles. The number of carboxylic acids is 1. The lowest BCUT2D eigenvalue weighted by Crippen LogP contribution is -2.21. The summed E-state index contributed by atoms with van der Waals surface area (Å²) in [5.41, 5.74) is 0.530. The molecule has 0 atom stereocenters. The number of aromatic hydroxyl groups is 1. The number of hydrogen-bond acceptors (Lipinski definition) is 4. The number of aliphatic hydroxyl groups is 1. The van der Waals surface area contributed by atoms with Gasteiger partial charge in [0.05, 0.1) is 6.61 Å². The number of aromatic carboxylic acids is 1. The van der Waals surface area contributed by atoms with E-state index >= 15 is 0 Å². The monoisotopic (exact) mass is 247 g/mol. The number of halogens is 1. The molecule has 1 aromatic rings. The summed E-state index contributed by atoms with van der Waals surface area (Å²) in [6.07, 6.45) is 0. The van der Waals surface area contributed by atoms with E-state index in [4.69, 9.17) is 10.2 Å². The highest BCUT2D eigenvalue weighted by molar-refractivity contribution is 5.91. The van der Waals surface area contributed by atoms with Crippen LogP contribution in [-0.2, 0) is 0 Å². The number of carboxylic acid groups (broad SMARTS) is 1. The third-order valence-corrected chi connectivity index (χ3v) is 2.09. The molecule has 6 heteroatoms. The van der Waals surface area contributed by atoms with E-state index in [1.165, 1.54) is 12.1 Å². The van der Waals surface area contributed by atoms with Crippen molar-refractivity contribution < 1.29 is 20.1 Å². The number of likely N-dealkylation sites (N-methyl/N-ethyl adjacent to an activating group) is 1. The highest BCUT2D eigenvalue weighted by Crippen LogP contribution is 2.23. The average Bonchev–Trinajstić information content (AvgIpc) is 2.17. The van der Waals surface area contributed by atoms with E-state index in [2.05, 4.69) is 0 Å². The predicted octanol–water partition coefficient (Wildman–Crippen LogP) is 0.941. The number of rotatable bonds is 4. The van der Waals surface area contributed by atoms with Crippen molar-refractivity contribution in [1.29, 1.82) is 0 Å². The minimum Gasteiger partial charge on any atom is -0.507 e. The molecule has 0 aliphatic carbocycles. The molecule has 0 radical (unpaired) electrons. The summed E-state index contributed by atoms with van der Waals surface area (Å²) in [5, 5.41) is 26.8. The second-order valence-electron chi connectivity index (χ2n) is 3.15. The quantitative estimate of drug-likeness (QED) is 0.738. The number of aliphatic hydroxyl groups excluding tert-OH is 1. The molecule has 0 amide bonds. The summed E-state index contributed by atoms with van der Waals surface area (Å²) in [5.74, 6) is -1.44. The van der Waals surface area contributed by atoms with Crippen molar-refractivity contribution in [2.75, 3.05) is 25.1 Å². The maximum atomic E-state index is 10.6. The maximum Gasteiger partial charge on any atom is 0.339 e. The second-order valence-corrected chi connectivity index (χ2v) is 3.15. The maximum absolute atomic E-state index is 10.6. The van der Waals surface area contributed by atoms with Gasteiger partial charge < -0.3 is 20.2 Å². The number of hydrogen-bond donors (Lipinski definition) is 3. The Balaban J connectivity index is 0.00000225. The van der Waals surface area contributed by atoms with Gasteiger partial charge in [0.15, 0.2) is 0 Å². The summed E-state index contributed by atoms with van der Waals surface area (Å²) >= 11 is 0. The minimum absolute atomic E-state index is 0. The Hall–Kier alpha value is -1.46. The fourth-order valence-corrected chi connectivity index (χ4v) is 1.22. The normalized spacial score (nSPS) is 9.38. The first-order valence-corrected chi connectivity index (χ1v) is 4.44. The van der Waals surface area contributed by atoms with E-state index in [9.17, 15) is 9.90 Å². The van der Waals surface area contributed by atoms with Crippen LogP contribution in [0.25, 0.3) is 0 Å². The van der Waals surface area contributed by atoms with Crippen LogP contribution in [0.15, 0.2) is 18.2 Å². The lowest BCUT2D eigenvalue weighted by atomic mass is 10.1. The summed E-state index contributed by atoms with van der Waals surface area (Å²) in [7, 11) is 1.74. The fraction of sp³-hybridized carbons (Fsp3) is 0.300. The Labute approximate surface area is 99.3 Å². The molecule has 0 saturated heterocycles. The standard InChI is InChI=1S/C10H13NO4.ClH/c1-11(4-5-12)7-2-3-8(10(14)15)9(13)6-7;/h2-3,6,12-13H,4-5H2,1H3,(H,14,15);1H. The first-order chi connectivity index (χ1) is 7.06. The van der Waals surface area contributed by atoms with Gasteiger partial charge in [-0.25, -0.2) is 4.79 Å². The third-order valence-electron chi connectivity index (χ3n) is 2.09. The third kappa shape index (κ3) is 3.29. The van der Waals surface area contributed by atoms with Gasteiger partial charge in [-0.05, 0) is 12.1 Å². The molecular formula is C10H14ClNO4. The molecule has 0 aromatic heterocycles. The van der Waals surface area contributed by atoms with Gasteiger partial charge in [-0.2, -0.15) is 0 Å². The van der Waals surface area contributed by atoms with Crippen molar-refractivity contribution >= 4 is 24.1 Å². The highest BCUT2D eigenvalue weighted by Gasteiger charge is 2.10. The number of phenols is 1. The van der Waals surface area contributed by atoms with E-state index in [0.29, 0.717) is 12.2 Å². The average molecular weight is 248 g/mol. The van der Waals surface area contributed by atoms with E-state index in [-0.39, 0.29) is 30.3 Å². The van der Waals surface area contributed by atoms with Gasteiger partial charge in [-0.1, -0.05) is 0 Å². The summed E-state index contributed by atoms with van der Waals surface area (Å²) in [6, 6.07) is 4.28. The van der Waals surface area contributed by atoms with Crippen LogP contribution in [0.3, 0.4) is 0 Å². The summed E-state index contributed by atoms with van der Waals surface area (Å²) in [4.78, 5) is 12.3. The van der Waals surface area contributed by atoms with Crippen LogP contribution in [0.1, 0.15) is 10.4 Å². The molecule has 0 aliphatic rings. The van der Waals surface area contributed by atoms with Crippen LogP contribution in [0, 0.1) is 0 Å². The molecule has 16 heavy (non-hydrogen) atoms. The Morgan fingerprint density at radius 2 is 2.06 bits per heavy atom. The number of anilines is 1. The molecular weight excluding hydrogens is 234 g/mol. The molecule has 0 spiro atoms. The first kappa shape index (κ1) is 14.5.